The highest BCUT2D eigenvalue weighted by Crippen LogP contribution is 2.17. The molecule has 0 saturated heterocycles. The van der Waals surface area contributed by atoms with E-state index in [4.69, 9.17) is 10.9 Å². The summed E-state index contributed by atoms with van der Waals surface area (Å²) in [5.41, 5.74) is -1.63. The van der Waals surface area contributed by atoms with Gasteiger partial charge in [0.1, 0.15) is 0 Å². The lowest BCUT2D eigenvalue weighted by molar-refractivity contribution is 0.399. The molecule has 0 aliphatic carbocycles. The zero-order valence-corrected chi connectivity index (χ0v) is 8.86. The van der Waals surface area contributed by atoms with Gasteiger partial charge in [-0.3, -0.25) is 9.59 Å². The van der Waals surface area contributed by atoms with E-state index in [1.54, 1.807) is 0 Å². The van der Waals surface area contributed by atoms with Crippen molar-refractivity contribution in [1.29, 1.82) is 0 Å². The van der Waals surface area contributed by atoms with E-state index < -0.39 is 16.6 Å². The van der Waals surface area contributed by atoms with Gasteiger partial charge in [-0.25, -0.2) is 5.84 Å². The first kappa shape index (κ1) is 11.7. The van der Waals surface area contributed by atoms with Gasteiger partial charge in [-0.1, -0.05) is 0 Å². The summed E-state index contributed by atoms with van der Waals surface area (Å²) in [4.78, 5) is 23.7. The van der Waals surface area contributed by atoms with Gasteiger partial charge in [-0.2, -0.15) is 0 Å². The number of hydrogen-bond donors (Lipinski definition) is 2. The molecule has 0 spiro atoms. The molecule has 0 aliphatic heterocycles. The van der Waals surface area contributed by atoms with Crippen molar-refractivity contribution in [3.63, 3.8) is 0 Å². The molecular weight excluding hydrogens is 198 g/mol. The Bertz CT molecular complexity index is 407. The molecule has 0 fully saturated rings. The van der Waals surface area contributed by atoms with Crippen molar-refractivity contribution in [3.05, 3.63) is 20.4 Å². The van der Waals surface area contributed by atoms with Crippen LogP contribution < -0.4 is 21.7 Å². The Morgan fingerprint density at radius 2 is 1.80 bits per heavy atom. The Morgan fingerprint density at radius 3 is 2.27 bits per heavy atom. The minimum atomic E-state index is -0.854. The fourth-order valence-corrected chi connectivity index (χ4v) is 1.30. The van der Waals surface area contributed by atoms with Crippen LogP contribution in [0.1, 0.15) is 6.42 Å². The second-order valence-electron chi connectivity index (χ2n) is 3.71. The zero-order valence-electron chi connectivity index (χ0n) is 8.86. The van der Waals surface area contributed by atoms with Crippen LogP contribution in [0.4, 0.5) is 5.69 Å². The van der Waals surface area contributed by atoms with E-state index in [2.05, 4.69) is 0 Å². The molecule has 3 N–H and O–H groups in total. The van der Waals surface area contributed by atoms with E-state index in [9.17, 15) is 9.59 Å². The Labute approximate surface area is 87.2 Å². The number of hydrogen-bond acceptors (Lipinski definition) is 6. The fraction of sp³-hybridized carbons (Fsp3) is 0.556. The van der Waals surface area contributed by atoms with E-state index in [1.807, 2.05) is 19.0 Å². The summed E-state index contributed by atoms with van der Waals surface area (Å²) in [6.45, 7) is 1.25. The van der Waals surface area contributed by atoms with E-state index in [0.717, 1.165) is 18.0 Å². The summed E-state index contributed by atoms with van der Waals surface area (Å²) in [5, 5.41) is 10.2. The molecule has 0 aromatic heterocycles. The van der Waals surface area contributed by atoms with Crippen molar-refractivity contribution in [1.82, 2.24) is 4.90 Å². The van der Waals surface area contributed by atoms with Crippen LogP contribution in [0.15, 0.2) is 9.59 Å². The third kappa shape index (κ3) is 2.34. The lowest BCUT2D eigenvalue weighted by Crippen LogP contribution is -2.44. The molecule has 0 radical (unpaired) electrons. The van der Waals surface area contributed by atoms with Gasteiger partial charge < -0.3 is 15.0 Å². The van der Waals surface area contributed by atoms with Gasteiger partial charge in [-0.05, 0) is 27.1 Å². The van der Waals surface area contributed by atoms with Gasteiger partial charge >= 0.3 is 0 Å². The summed E-state index contributed by atoms with van der Waals surface area (Å²) in [5.74, 6) is 5.01. The maximum absolute atomic E-state index is 11.0. The maximum atomic E-state index is 11.0. The summed E-state index contributed by atoms with van der Waals surface area (Å²) < 4.78 is 0. The van der Waals surface area contributed by atoms with Gasteiger partial charge in [0.2, 0.25) is 0 Å². The van der Waals surface area contributed by atoms with E-state index in [-0.39, 0.29) is 5.69 Å². The highest BCUT2D eigenvalue weighted by molar-refractivity contribution is 5.61. The Kier molecular flexibility index (Phi) is 3.43. The van der Waals surface area contributed by atoms with Gasteiger partial charge in [0.05, 0.1) is 0 Å². The van der Waals surface area contributed by atoms with Crippen molar-refractivity contribution >= 4 is 5.69 Å². The number of hydrazine groups is 1. The molecule has 0 saturated carbocycles. The molecule has 0 heterocycles. The molecule has 1 aromatic rings. The number of nitrogens with two attached hydrogens (primary N) is 1. The van der Waals surface area contributed by atoms with Crippen LogP contribution in [0, 0.1) is 0 Å². The third-order valence-electron chi connectivity index (χ3n) is 2.15. The average Bonchev–Trinajstić information content (AvgIpc) is 2.17. The first-order valence-corrected chi connectivity index (χ1v) is 4.64. The topological polar surface area (TPSA) is 86.9 Å². The van der Waals surface area contributed by atoms with Crippen molar-refractivity contribution in [2.45, 2.75) is 6.42 Å². The Hall–Kier alpha value is -1.40. The zero-order chi connectivity index (χ0) is 11.6. The minimum absolute atomic E-state index is 0.0706. The first-order valence-electron chi connectivity index (χ1n) is 4.64. The Morgan fingerprint density at radius 1 is 1.20 bits per heavy atom. The van der Waals surface area contributed by atoms with E-state index in [0.29, 0.717) is 6.54 Å². The second kappa shape index (κ2) is 4.41. The third-order valence-corrected chi connectivity index (χ3v) is 2.15. The molecule has 0 bridgehead atoms. The van der Waals surface area contributed by atoms with Gasteiger partial charge in [0, 0.05) is 6.54 Å². The average molecular weight is 213 g/mol. The van der Waals surface area contributed by atoms with Gasteiger partial charge in [0.25, 0.3) is 10.9 Å². The van der Waals surface area contributed by atoms with Gasteiger partial charge in [-0.15, -0.1) is 0 Å². The summed E-state index contributed by atoms with van der Waals surface area (Å²) in [7, 11) is 3.85. The van der Waals surface area contributed by atoms with Crippen LogP contribution in [-0.2, 0) is 0 Å². The number of anilines is 1. The molecule has 15 heavy (non-hydrogen) atoms. The monoisotopic (exact) mass is 213 g/mol. The van der Waals surface area contributed by atoms with Crippen molar-refractivity contribution in [3.8, 4) is 5.75 Å². The predicted molar refractivity (Wildman–Crippen MR) is 57.7 cm³/mol. The predicted octanol–water partition coefficient (Wildman–Crippen LogP) is -1.38. The standard InChI is InChI=1S/C9H15N3O3/c1-11(2)4-3-5-12(10)6-7(13)9(15)8(6)14/h13H,3-5,10H2,1-2H3. The van der Waals surface area contributed by atoms with Crippen LogP contribution in [0.5, 0.6) is 5.75 Å². The molecule has 84 valence electrons. The molecule has 0 unspecified atom stereocenters. The molecule has 0 aliphatic rings. The summed E-state index contributed by atoms with van der Waals surface area (Å²) in [6, 6.07) is 0. The molecule has 0 atom stereocenters. The highest BCUT2D eigenvalue weighted by Gasteiger charge is 2.23. The van der Waals surface area contributed by atoms with Crippen LogP contribution in [-0.4, -0.2) is 37.2 Å². The molecule has 6 heteroatoms. The van der Waals surface area contributed by atoms with Gasteiger partial charge in [0.15, 0.2) is 11.4 Å². The second-order valence-corrected chi connectivity index (χ2v) is 3.71. The largest absolute Gasteiger partial charge is 0.502 e. The van der Waals surface area contributed by atoms with Crippen LogP contribution in [0.25, 0.3) is 0 Å². The number of aromatic hydroxyl groups is 1. The summed E-state index contributed by atoms with van der Waals surface area (Å²) >= 11 is 0. The Balaban J connectivity index is 2.52. The normalized spacial score (nSPS) is 11.2. The SMILES string of the molecule is CN(C)CCCN(N)c1c(O)c(=O)c1=O. The molecule has 1 rings (SSSR count). The van der Waals surface area contributed by atoms with Crippen molar-refractivity contribution in [2.24, 2.45) is 5.84 Å². The fourth-order valence-electron chi connectivity index (χ4n) is 1.30. The molecular formula is C9H15N3O3. The molecule has 6 nitrogen and oxygen atoms in total. The molecule has 0 amide bonds. The van der Waals surface area contributed by atoms with Crippen LogP contribution in [0.3, 0.4) is 0 Å². The summed E-state index contributed by atoms with van der Waals surface area (Å²) in [6.07, 6.45) is 0.752. The first-order chi connectivity index (χ1) is 6.95. The van der Waals surface area contributed by atoms with Crippen LogP contribution in [0.2, 0.25) is 0 Å². The minimum Gasteiger partial charge on any atom is -0.502 e. The molecule has 1 aromatic carbocycles. The lowest BCUT2D eigenvalue weighted by atomic mass is 10.2. The quantitative estimate of drug-likeness (QED) is 0.356. The van der Waals surface area contributed by atoms with E-state index >= 15 is 0 Å². The van der Waals surface area contributed by atoms with Crippen molar-refractivity contribution in [2.75, 3.05) is 32.2 Å². The number of nitrogens with zero attached hydrogens (tertiary/aromatic N) is 2. The lowest BCUT2D eigenvalue weighted by Gasteiger charge is -2.20. The number of rotatable bonds is 5. The maximum Gasteiger partial charge on any atom is 0.271 e. The highest BCUT2D eigenvalue weighted by atomic mass is 16.3. The van der Waals surface area contributed by atoms with Crippen LogP contribution >= 0.6 is 0 Å². The smallest absolute Gasteiger partial charge is 0.271 e. The van der Waals surface area contributed by atoms with Crippen molar-refractivity contribution < 1.29 is 5.11 Å². The van der Waals surface area contributed by atoms with E-state index in [1.165, 1.54) is 0 Å².